The summed E-state index contributed by atoms with van der Waals surface area (Å²) in [5.74, 6) is 0. The maximum Gasteiger partial charge on any atom is 0.160 e. The highest BCUT2D eigenvalue weighted by atomic mass is 16.4. The van der Waals surface area contributed by atoms with Gasteiger partial charge in [0.25, 0.3) is 0 Å². The van der Waals surface area contributed by atoms with Crippen molar-refractivity contribution in [1.82, 2.24) is 0 Å². The molecular formula is C120H70N2O6. The first-order valence-electron chi connectivity index (χ1n) is 43.5. The van der Waals surface area contributed by atoms with Crippen LogP contribution in [0.15, 0.2) is 451 Å². The molecule has 0 radical (unpaired) electrons. The van der Waals surface area contributed by atoms with Crippen molar-refractivity contribution in [3.63, 3.8) is 0 Å². The monoisotopic (exact) mass is 1630 g/mol. The van der Waals surface area contributed by atoms with Crippen LogP contribution in [0.25, 0.3) is 241 Å². The average Bonchev–Trinajstić information content (AvgIpc) is 1.60. The predicted octanol–water partition coefficient (Wildman–Crippen LogP) is 35.3. The first kappa shape index (κ1) is 71.4. The average molecular weight is 1640 g/mol. The minimum absolute atomic E-state index is 0.770. The predicted molar refractivity (Wildman–Crippen MR) is 533 cm³/mol. The molecular weight excluding hydrogens is 1570 g/mol. The fraction of sp³-hybridized carbons (Fsp3) is 0. The van der Waals surface area contributed by atoms with Crippen LogP contribution in [0.3, 0.4) is 0 Å². The Balaban J connectivity index is 0.000000132. The maximum absolute atomic E-state index is 7.36. The van der Waals surface area contributed by atoms with Gasteiger partial charge in [-0.3, -0.25) is 9.80 Å². The number of furan rings is 6. The van der Waals surface area contributed by atoms with Crippen LogP contribution in [0.4, 0.5) is 34.1 Å². The van der Waals surface area contributed by atoms with Crippen molar-refractivity contribution in [3.8, 4) is 44.5 Å². The van der Waals surface area contributed by atoms with Crippen molar-refractivity contribution in [1.29, 1.82) is 0 Å². The highest BCUT2D eigenvalue weighted by molar-refractivity contribution is 6.32. The molecule has 0 spiro atoms. The molecule has 8 heteroatoms. The molecule has 0 aliphatic heterocycles. The normalized spacial score (nSPS) is 12.1. The zero-order valence-corrected chi connectivity index (χ0v) is 68.8. The topological polar surface area (TPSA) is 85.3 Å². The third-order valence-electron chi connectivity index (χ3n) is 26.4. The molecule has 0 aliphatic carbocycles. The number of benzene rings is 22. The number of anilines is 6. The quantitative estimate of drug-likeness (QED) is 0.134. The van der Waals surface area contributed by atoms with E-state index in [0.717, 1.165) is 270 Å². The maximum atomic E-state index is 7.36. The molecule has 0 bridgehead atoms. The van der Waals surface area contributed by atoms with Gasteiger partial charge in [0.15, 0.2) is 33.5 Å². The van der Waals surface area contributed by atoms with Gasteiger partial charge in [0.2, 0.25) is 0 Å². The molecule has 0 saturated carbocycles. The first-order chi connectivity index (χ1) is 63.5. The van der Waals surface area contributed by atoms with Gasteiger partial charge in [-0.15, -0.1) is 0 Å². The summed E-state index contributed by atoms with van der Waals surface area (Å²) >= 11 is 0. The summed E-state index contributed by atoms with van der Waals surface area (Å²) in [5.41, 5.74) is 23.5. The number of para-hydroxylation sites is 6. The third kappa shape index (κ3) is 10.8. The molecule has 0 amide bonds. The Morgan fingerprint density at radius 3 is 0.719 bits per heavy atom. The number of rotatable bonds is 10. The molecule has 8 nitrogen and oxygen atoms in total. The molecule has 0 atom stereocenters. The summed E-state index contributed by atoms with van der Waals surface area (Å²) in [6.45, 7) is 0. The Labute approximate surface area is 731 Å². The minimum atomic E-state index is 0.770. The van der Waals surface area contributed by atoms with Gasteiger partial charge in [0.05, 0.1) is 34.1 Å². The van der Waals surface area contributed by atoms with Gasteiger partial charge in [-0.1, -0.05) is 352 Å². The summed E-state index contributed by atoms with van der Waals surface area (Å²) in [6.07, 6.45) is 0. The summed E-state index contributed by atoms with van der Waals surface area (Å²) in [4.78, 5) is 4.62. The standard InChI is InChI=1S/2C60H35NO3/c1-3-16-36(17-4-1)47-34-39-21-8-11-24-42(39)54-45-27-14-30-50(57(45)63-59(47)54)61(49-29-13-26-44-53-41-23-10-7-20-38(41)32-33-52(53)62-56(44)49)51-31-15-28-46-55-43-25-12-9-22-40(43)35-48(60(55)64-58(46)51)37-18-5-2-6-19-37;1-3-17-36(18-4-1)47-33-38-21-7-10-24-41(38)54-45-28-15-30-49(56(45)63-58(47)54)61(51-35-40-23-9-12-26-43(40)53-44-27-13-14-32-52(44)62-60(51)53)50-31-16-29-46-55-42-25-11-8-22-39(42)34-48(59(55)64-57(46)50)37-19-5-2-6-20-37/h2*1-35H. The number of nitrogens with zero attached hydrogens (tertiary/aromatic N) is 2. The molecule has 0 saturated heterocycles. The van der Waals surface area contributed by atoms with Crippen molar-refractivity contribution in [2.24, 2.45) is 0 Å². The van der Waals surface area contributed by atoms with E-state index in [1.165, 1.54) is 5.39 Å². The van der Waals surface area contributed by atoms with Gasteiger partial charge in [-0.25, -0.2) is 0 Å². The zero-order valence-electron chi connectivity index (χ0n) is 68.8. The first-order valence-corrected chi connectivity index (χ1v) is 43.5. The van der Waals surface area contributed by atoms with Crippen LogP contribution >= 0.6 is 0 Å². The SMILES string of the molecule is c1ccc(-c2cc3ccccc3c3c2oc2c(N(c4cccc5c4oc4c(-c6ccccc6)cc6ccccc6c45)c4cc5ccccc5c5c4oc4ccccc45)cccc23)cc1.c1ccc(-c2cc3ccccc3c3c2oc2c(N(c4cccc5c4oc4ccc6ccccc6c45)c4cccc5c4oc4c(-c6ccccc6)cc6ccccc6c45)cccc23)cc1. The molecule has 28 aromatic rings. The Bertz CT molecular complexity index is 9090. The number of hydrogen-bond acceptors (Lipinski definition) is 8. The lowest BCUT2D eigenvalue weighted by Gasteiger charge is -2.26. The van der Waals surface area contributed by atoms with Gasteiger partial charge < -0.3 is 26.5 Å². The molecule has 6 aromatic heterocycles. The van der Waals surface area contributed by atoms with E-state index in [1.54, 1.807) is 0 Å². The van der Waals surface area contributed by atoms with E-state index in [2.05, 4.69) is 428 Å². The fourth-order valence-corrected chi connectivity index (χ4v) is 20.8. The molecule has 28 rings (SSSR count). The van der Waals surface area contributed by atoms with Crippen LogP contribution in [0.5, 0.6) is 0 Å². The molecule has 596 valence electrons. The lowest BCUT2D eigenvalue weighted by molar-refractivity contribution is 0.663. The molecule has 0 unspecified atom stereocenters. The van der Waals surface area contributed by atoms with Gasteiger partial charge in [0, 0.05) is 86.9 Å². The second-order valence-corrected chi connectivity index (χ2v) is 33.4. The van der Waals surface area contributed by atoms with Crippen LogP contribution in [-0.2, 0) is 0 Å². The lowest BCUT2D eigenvalue weighted by Crippen LogP contribution is -2.11. The molecule has 22 aromatic carbocycles. The third-order valence-corrected chi connectivity index (χ3v) is 26.4. The van der Waals surface area contributed by atoms with Gasteiger partial charge in [-0.2, -0.15) is 0 Å². The molecule has 0 N–H and O–H groups in total. The second-order valence-electron chi connectivity index (χ2n) is 33.4. The van der Waals surface area contributed by atoms with E-state index in [0.29, 0.717) is 0 Å². The summed E-state index contributed by atoms with van der Waals surface area (Å²) in [7, 11) is 0. The fourth-order valence-electron chi connectivity index (χ4n) is 20.8. The molecule has 6 heterocycles. The van der Waals surface area contributed by atoms with E-state index < -0.39 is 0 Å². The van der Waals surface area contributed by atoms with Crippen molar-refractivity contribution in [3.05, 3.63) is 425 Å². The Morgan fingerprint density at radius 2 is 0.375 bits per heavy atom. The molecule has 0 aliphatic rings. The van der Waals surface area contributed by atoms with E-state index in [9.17, 15) is 0 Å². The van der Waals surface area contributed by atoms with Crippen LogP contribution in [0.1, 0.15) is 0 Å². The van der Waals surface area contributed by atoms with Crippen LogP contribution in [0, 0.1) is 0 Å². The number of hydrogen-bond donors (Lipinski definition) is 0. The van der Waals surface area contributed by atoms with Crippen molar-refractivity contribution in [2.75, 3.05) is 9.80 Å². The highest BCUT2D eigenvalue weighted by Crippen LogP contribution is 2.57. The minimum Gasteiger partial charge on any atom is -0.454 e. The number of fused-ring (bicyclic) bond motifs is 30. The summed E-state index contributed by atoms with van der Waals surface area (Å²) in [6, 6.07) is 150. The van der Waals surface area contributed by atoms with Crippen LogP contribution < -0.4 is 9.80 Å². The van der Waals surface area contributed by atoms with Crippen molar-refractivity contribution in [2.45, 2.75) is 0 Å². The Kier molecular flexibility index (Phi) is 15.7. The van der Waals surface area contributed by atoms with Gasteiger partial charge in [0.1, 0.15) is 33.5 Å². The van der Waals surface area contributed by atoms with Crippen LogP contribution in [0.2, 0.25) is 0 Å². The highest BCUT2D eigenvalue weighted by Gasteiger charge is 2.33. The Hall–Kier alpha value is -17.2. The van der Waals surface area contributed by atoms with Gasteiger partial charge in [-0.05, 0) is 160 Å². The van der Waals surface area contributed by atoms with E-state index in [-0.39, 0.29) is 0 Å². The van der Waals surface area contributed by atoms with Crippen LogP contribution in [-0.4, -0.2) is 0 Å². The molecule has 128 heavy (non-hydrogen) atoms. The van der Waals surface area contributed by atoms with E-state index >= 15 is 0 Å². The summed E-state index contributed by atoms with van der Waals surface area (Å²) < 4.78 is 43.4. The van der Waals surface area contributed by atoms with Crippen molar-refractivity contribution < 1.29 is 26.5 Å². The Morgan fingerprint density at radius 1 is 0.133 bits per heavy atom. The smallest absolute Gasteiger partial charge is 0.160 e. The second kappa shape index (κ2) is 28.2. The zero-order chi connectivity index (χ0) is 83.8. The summed E-state index contributed by atoms with van der Waals surface area (Å²) in [5, 5.41) is 26.5. The molecule has 0 fully saturated rings. The van der Waals surface area contributed by atoms with E-state index in [4.69, 9.17) is 26.5 Å². The van der Waals surface area contributed by atoms with E-state index in [1.807, 2.05) is 6.07 Å². The van der Waals surface area contributed by atoms with Crippen molar-refractivity contribution >= 4 is 230 Å². The lowest BCUT2D eigenvalue weighted by atomic mass is 9.96. The van der Waals surface area contributed by atoms with Gasteiger partial charge >= 0.3 is 0 Å². The largest absolute Gasteiger partial charge is 0.454 e.